The molecule has 0 bridgehead atoms. The molecule has 0 saturated heterocycles. The zero-order valence-electron chi connectivity index (χ0n) is 27.7. The molecule has 0 atom stereocenters. The standard InChI is InChI=1S/C39H32N6O5S2/c40-22-32-31-18-19-44(23-26-10-3-1-4-11-26)24-35(31)52-39(32)43-36(46)25-51-30-16-9-15-29(21-30)41-38(48)33(42-37(47)27-12-5-2-6-13-27)20-28-14-7-8-17-34(28)45(49)50/h1-17,20-21H,18-19,23-25H2,(H,41,48)(H,42,47)(H,43,46)/b33-20+. The predicted octanol–water partition coefficient (Wildman–Crippen LogP) is 7.23. The van der Waals surface area contributed by atoms with Gasteiger partial charge in [-0.1, -0.05) is 66.7 Å². The molecule has 1 aliphatic heterocycles. The van der Waals surface area contributed by atoms with Crippen LogP contribution in [0.2, 0.25) is 0 Å². The third kappa shape index (κ3) is 8.98. The van der Waals surface area contributed by atoms with Gasteiger partial charge in [0.1, 0.15) is 16.8 Å². The fraction of sp³-hybridized carbons (Fsp3) is 0.128. The van der Waals surface area contributed by atoms with Crippen molar-refractivity contribution in [3.05, 3.63) is 158 Å². The summed E-state index contributed by atoms with van der Waals surface area (Å²) in [5, 5.41) is 30.4. The van der Waals surface area contributed by atoms with Crippen molar-refractivity contribution in [2.75, 3.05) is 22.9 Å². The van der Waals surface area contributed by atoms with E-state index < -0.39 is 16.7 Å². The van der Waals surface area contributed by atoms with Gasteiger partial charge in [-0.3, -0.25) is 29.4 Å². The molecule has 0 aliphatic carbocycles. The minimum atomic E-state index is -0.699. The van der Waals surface area contributed by atoms with Gasteiger partial charge in [0, 0.05) is 46.7 Å². The lowest BCUT2D eigenvalue weighted by atomic mass is 10.0. The molecule has 52 heavy (non-hydrogen) atoms. The predicted molar refractivity (Wildman–Crippen MR) is 203 cm³/mol. The summed E-state index contributed by atoms with van der Waals surface area (Å²) in [6.45, 7) is 2.35. The van der Waals surface area contributed by atoms with Gasteiger partial charge in [0.2, 0.25) is 5.91 Å². The van der Waals surface area contributed by atoms with Gasteiger partial charge < -0.3 is 16.0 Å². The molecule has 11 nitrogen and oxygen atoms in total. The number of anilines is 2. The van der Waals surface area contributed by atoms with Gasteiger partial charge in [0.25, 0.3) is 17.5 Å². The van der Waals surface area contributed by atoms with E-state index in [4.69, 9.17) is 0 Å². The molecule has 5 aromatic rings. The van der Waals surface area contributed by atoms with Crippen LogP contribution < -0.4 is 16.0 Å². The third-order valence-electron chi connectivity index (χ3n) is 8.17. The highest BCUT2D eigenvalue weighted by atomic mass is 32.2. The number of carbonyl (C=O) groups excluding carboxylic acids is 3. The second kappa shape index (κ2) is 16.8. The van der Waals surface area contributed by atoms with Gasteiger partial charge >= 0.3 is 0 Å². The molecule has 0 spiro atoms. The Morgan fingerprint density at radius 1 is 0.942 bits per heavy atom. The fourth-order valence-electron chi connectivity index (χ4n) is 5.69. The van der Waals surface area contributed by atoms with Crippen molar-refractivity contribution in [1.82, 2.24) is 10.2 Å². The Hall–Kier alpha value is -6.07. The first kappa shape index (κ1) is 35.7. The lowest BCUT2D eigenvalue weighted by molar-refractivity contribution is -0.385. The Labute approximate surface area is 308 Å². The van der Waals surface area contributed by atoms with Crippen molar-refractivity contribution in [2.24, 2.45) is 0 Å². The maximum atomic E-state index is 13.5. The molecule has 260 valence electrons. The first-order valence-electron chi connectivity index (χ1n) is 16.2. The van der Waals surface area contributed by atoms with Crippen LogP contribution in [0.1, 0.15) is 37.5 Å². The molecule has 13 heteroatoms. The van der Waals surface area contributed by atoms with E-state index in [0.29, 0.717) is 33.3 Å². The van der Waals surface area contributed by atoms with Crippen LogP contribution in [0, 0.1) is 21.4 Å². The third-order valence-corrected chi connectivity index (χ3v) is 10.3. The summed E-state index contributed by atoms with van der Waals surface area (Å²) in [6.07, 6.45) is 2.00. The largest absolute Gasteiger partial charge is 0.321 e. The van der Waals surface area contributed by atoms with Crippen LogP contribution in [-0.4, -0.2) is 39.8 Å². The molecule has 1 aliphatic rings. The lowest BCUT2D eigenvalue weighted by Crippen LogP contribution is -2.30. The molecule has 0 saturated carbocycles. The summed E-state index contributed by atoms with van der Waals surface area (Å²) in [5.41, 5.74) is 3.14. The zero-order valence-corrected chi connectivity index (χ0v) is 29.3. The summed E-state index contributed by atoms with van der Waals surface area (Å²) in [4.78, 5) is 54.8. The maximum Gasteiger partial charge on any atom is 0.276 e. The molecule has 0 fully saturated rings. The number of nitriles is 1. The Morgan fingerprint density at radius 3 is 2.42 bits per heavy atom. The number of nitrogens with one attached hydrogen (secondary N) is 3. The highest BCUT2D eigenvalue weighted by Gasteiger charge is 2.25. The second-order valence-electron chi connectivity index (χ2n) is 11.8. The zero-order chi connectivity index (χ0) is 36.5. The van der Waals surface area contributed by atoms with Gasteiger partial charge in [-0.15, -0.1) is 23.1 Å². The number of carbonyl (C=O) groups is 3. The molecule has 3 amide bonds. The lowest BCUT2D eigenvalue weighted by Gasteiger charge is -2.26. The van der Waals surface area contributed by atoms with Crippen molar-refractivity contribution < 1.29 is 19.3 Å². The number of nitro groups is 1. The van der Waals surface area contributed by atoms with Gasteiger partial charge in [-0.05, 0) is 60.0 Å². The highest BCUT2D eigenvalue weighted by molar-refractivity contribution is 8.00. The van der Waals surface area contributed by atoms with E-state index in [0.717, 1.165) is 30.0 Å². The first-order chi connectivity index (χ1) is 25.3. The Balaban J connectivity index is 1.11. The smallest absolute Gasteiger partial charge is 0.276 e. The van der Waals surface area contributed by atoms with Gasteiger partial charge in [0.15, 0.2) is 0 Å². The molecular weight excluding hydrogens is 697 g/mol. The molecular formula is C39H32N6O5S2. The van der Waals surface area contributed by atoms with Crippen LogP contribution in [0.25, 0.3) is 6.08 Å². The summed E-state index contributed by atoms with van der Waals surface area (Å²) in [5.74, 6) is -1.48. The van der Waals surface area contributed by atoms with E-state index in [2.05, 4.69) is 39.1 Å². The molecule has 2 heterocycles. The van der Waals surface area contributed by atoms with Crippen LogP contribution in [0.5, 0.6) is 0 Å². The molecule has 4 aromatic carbocycles. The molecule has 6 rings (SSSR count). The topological polar surface area (TPSA) is 157 Å². The van der Waals surface area contributed by atoms with Crippen molar-refractivity contribution in [2.45, 2.75) is 24.4 Å². The Morgan fingerprint density at radius 2 is 1.67 bits per heavy atom. The number of para-hydroxylation sites is 1. The number of fused-ring (bicyclic) bond motifs is 1. The summed E-state index contributed by atoms with van der Waals surface area (Å²) in [7, 11) is 0. The Bertz CT molecular complexity index is 2200. The van der Waals surface area contributed by atoms with Crippen LogP contribution in [0.4, 0.5) is 16.4 Å². The number of amides is 3. The first-order valence-corrected chi connectivity index (χ1v) is 18.0. The number of hydrogen-bond donors (Lipinski definition) is 3. The van der Waals surface area contributed by atoms with Gasteiger partial charge in [-0.25, -0.2) is 0 Å². The van der Waals surface area contributed by atoms with E-state index in [1.807, 2.05) is 18.2 Å². The number of rotatable bonds is 12. The monoisotopic (exact) mass is 728 g/mol. The fourth-order valence-corrected chi connectivity index (χ4v) is 7.70. The quantitative estimate of drug-likeness (QED) is 0.0526. The summed E-state index contributed by atoms with van der Waals surface area (Å²) in [6, 6.07) is 33.6. The van der Waals surface area contributed by atoms with Crippen LogP contribution >= 0.6 is 23.1 Å². The van der Waals surface area contributed by atoms with Gasteiger partial charge in [-0.2, -0.15) is 5.26 Å². The van der Waals surface area contributed by atoms with Crippen molar-refractivity contribution in [3.8, 4) is 6.07 Å². The minimum absolute atomic E-state index is 0.0565. The maximum absolute atomic E-state index is 13.5. The Kier molecular flexibility index (Phi) is 11.5. The average molecular weight is 729 g/mol. The van der Waals surface area contributed by atoms with E-state index in [9.17, 15) is 29.8 Å². The molecule has 1 aromatic heterocycles. The average Bonchev–Trinajstić information content (AvgIpc) is 3.50. The molecule has 0 radical (unpaired) electrons. The normalized spacial score (nSPS) is 12.6. The van der Waals surface area contributed by atoms with Crippen molar-refractivity contribution >= 4 is 63.3 Å². The summed E-state index contributed by atoms with van der Waals surface area (Å²) < 4.78 is 0. The van der Waals surface area contributed by atoms with Crippen molar-refractivity contribution in [1.29, 1.82) is 5.26 Å². The van der Waals surface area contributed by atoms with Crippen molar-refractivity contribution in [3.63, 3.8) is 0 Å². The van der Waals surface area contributed by atoms with E-state index in [1.54, 1.807) is 60.7 Å². The number of benzene rings is 4. The molecule has 0 unspecified atom stereocenters. The number of nitro benzene ring substituents is 1. The van der Waals surface area contributed by atoms with Crippen LogP contribution in [0.3, 0.4) is 0 Å². The number of thiophene rings is 1. The number of nitrogens with zero attached hydrogens (tertiary/aromatic N) is 3. The SMILES string of the molecule is N#Cc1c(NC(=O)CSc2cccc(NC(=O)/C(=C\c3ccccc3[N+](=O)[O-])NC(=O)c3ccccc3)c2)sc2c1CCN(Cc1ccccc1)C2. The minimum Gasteiger partial charge on any atom is -0.321 e. The molecule has 3 N–H and O–H groups in total. The van der Waals surface area contributed by atoms with E-state index in [-0.39, 0.29) is 28.6 Å². The van der Waals surface area contributed by atoms with E-state index in [1.165, 1.54) is 52.9 Å². The van der Waals surface area contributed by atoms with E-state index >= 15 is 0 Å². The second-order valence-corrected chi connectivity index (χ2v) is 13.9. The summed E-state index contributed by atoms with van der Waals surface area (Å²) >= 11 is 2.70. The van der Waals surface area contributed by atoms with Gasteiger partial charge in [0.05, 0.1) is 21.8 Å². The number of hydrogen-bond acceptors (Lipinski definition) is 9. The highest BCUT2D eigenvalue weighted by Crippen LogP contribution is 2.37. The van der Waals surface area contributed by atoms with Crippen LogP contribution in [-0.2, 0) is 29.1 Å². The number of thioether (sulfide) groups is 1. The van der Waals surface area contributed by atoms with Crippen LogP contribution in [0.15, 0.2) is 120 Å².